The fourth-order valence-corrected chi connectivity index (χ4v) is 2.80. The Bertz CT molecular complexity index is 632. The number of amidine groups is 1. The third kappa shape index (κ3) is 2.76. The smallest absolute Gasteiger partial charge is 0.287 e. The van der Waals surface area contributed by atoms with Gasteiger partial charge in [0.1, 0.15) is 5.75 Å². The van der Waals surface area contributed by atoms with Crippen LogP contribution < -0.4 is 0 Å². The van der Waals surface area contributed by atoms with Crippen molar-refractivity contribution in [2.24, 2.45) is 0 Å². The number of aromatic hydroxyl groups is 1. The molecule has 1 aliphatic heterocycles. The molecule has 0 spiro atoms. The zero-order chi connectivity index (χ0) is 16.8. The molecule has 1 aliphatic rings. The number of phenolic OH excluding ortho intramolecular Hbond substituents is 1. The first-order chi connectivity index (χ1) is 10.0. The minimum absolute atomic E-state index is 0.0848. The van der Waals surface area contributed by atoms with E-state index in [1.807, 2.05) is 33.8 Å². The molecule has 1 unspecified atom stereocenters. The van der Waals surface area contributed by atoms with E-state index < -0.39 is 6.23 Å². The monoisotopic (exact) mass is 308 g/mol. The highest BCUT2D eigenvalue weighted by Gasteiger charge is 2.35. The largest absolute Gasteiger partial charge is 0.713 e. The lowest BCUT2D eigenvalue weighted by atomic mass is 9.82. The summed E-state index contributed by atoms with van der Waals surface area (Å²) in [7, 11) is 0. The Hall–Kier alpha value is -1.79. The molecule has 1 heterocycles. The maximum atomic E-state index is 11.8. The highest BCUT2D eigenvalue weighted by atomic mass is 16.6. The Morgan fingerprint density at radius 2 is 1.95 bits per heavy atom. The van der Waals surface area contributed by atoms with Crippen LogP contribution in [-0.2, 0) is 11.8 Å². The summed E-state index contributed by atoms with van der Waals surface area (Å²) in [5.74, 6) is 0.302. The normalized spacial score (nSPS) is 19.2. The van der Waals surface area contributed by atoms with E-state index in [1.54, 1.807) is 6.92 Å². The molecule has 0 radical (unpaired) electrons. The minimum atomic E-state index is -1.26. The van der Waals surface area contributed by atoms with Crippen molar-refractivity contribution in [2.45, 2.75) is 52.7 Å². The molecule has 0 aliphatic carbocycles. The predicted octanol–water partition coefficient (Wildman–Crippen LogP) is 1.78. The molecular weight excluding hydrogens is 284 g/mol. The second-order valence-electron chi connectivity index (χ2n) is 6.92. The molecule has 0 amide bonds. The van der Waals surface area contributed by atoms with Gasteiger partial charge in [-0.25, -0.2) is 9.95 Å². The van der Waals surface area contributed by atoms with E-state index in [9.17, 15) is 20.6 Å². The molecule has 6 heteroatoms. The van der Waals surface area contributed by atoms with E-state index >= 15 is 0 Å². The number of β-amino-alcohol motifs (C(OH)–C–C–N with tert-alkyl or cyclic N) is 1. The summed E-state index contributed by atoms with van der Waals surface area (Å²) in [6.45, 7) is 9.66. The maximum Gasteiger partial charge on any atom is 0.287 e. The lowest BCUT2D eigenvalue weighted by Crippen LogP contribution is -2.28. The fourth-order valence-electron chi connectivity index (χ4n) is 2.80. The van der Waals surface area contributed by atoms with Crippen LogP contribution in [0.3, 0.4) is 0 Å². The first kappa shape index (κ1) is 16.6. The average Bonchev–Trinajstić information content (AvgIpc) is 2.63. The number of hydrogen-bond donors (Lipinski definition) is 3. The minimum Gasteiger partial charge on any atom is -0.713 e. The summed E-state index contributed by atoms with van der Waals surface area (Å²) < 4.78 is 0.410. The highest BCUT2D eigenvalue weighted by molar-refractivity contribution is 5.81. The van der Waals surface area contributed by atoms with Gasteiger partial charge in [0, 0.05) is 0 Å². The van der Waals surface area contributed by atoms with Gasteiger partial charge in [-0.1, -0.05) is 26.8 Å². The summed E-state index contributed by atoms with van der Waals surface area (Å²) in [5.41, 5.74) is 3.08. The number of nitrogens with zero attached hydrogens (tertiary/aromatic N) is 2. The van der Waals surface area contributed by atoms with Gasteiger partial charge >= 0.3 is 0 Å². The summed E-state index contributed by atoms with van der Waals surface area (Å²) >= 11 is 0. The van der Waals surface area contributed by atoms with Crippen LogP contribution in [0.25, 0.3) is 0 Å². The van der Waals surface area contributed by atoms with Gasteiger partial charge in [-0.3, -0.25) is 0 Å². The van der Waals surface area contributed by atoms with Crippen molar-refractivity contribution in [3.05, 3.63) is 33.5 Å². The topological polar surface area (TPSA) is 90.0 Å². The van der Waals surface area contributed by atoms with Crippen molar-refractivity contribution in [3.63, 3.8) is 0 Å². The zero-order valence-corrected chi connectivity index (χ0v) is 13.7. The Morgan fingerprint density at radius 3 is 2.41 bits per heavy atom. The number of hydrogen-bond acceptors (Lipinski definition) is 5. The van der Waals surface area contributed by atoms with Crippen LogP contribution in [0.1, 0.15) is 43.0 Å². The van der Waals surface area contributed by atoms with Gasteiger partial charge in [-0.15, -0.1) is 5.06 Å². The first-order valence-corrected chi connectivity index (χ1v) is 7.33. The Morgan fingerprint density at radius 1 is 1.36 bits per heavy atom. The van der Waals surface area contributed by atoms with Gasteiger partial charge in [0.15, 0.2) is 6.54 Å². The Kier molecular flexibility index (Phi) is 4.10. The maximum absolute atomic E-state index is 11.8. The number of aryl methyl sites for hydroxylation is 1. The van der Waals surface area contributed by atoms with Gasteiger partial charge in [0.2, 0.25) is 6.23 Å². The van der Waals surface area contributed by atoms with E-state index in [0.717, 1.165) is 21.8 Å². The zero-order valence-electron chi connectivity index (χ0n) is 13.7. The molecule has 0 saturated heterocycles. The molecule has 0 aromatic heterocycles. The lowest BCUT2D eigenvalue weighted by molar-refractivity contribution is -0.539. The summed E-state index contributed by atoms with van der Waals surface area (Å²) in [6, 6.07) is 1.92. The predicted molar refractivity (Wildman–Crippen MR) is 83.1 cm³/mol. The fraction of sp³-hybridized carbons (Fsp3) is 0.562. The van der Waals surface area contributed by atoms with Crippen LogP contribution in [0.2, 0.25) is 0 Å². The van der Waals surface area contributed by atoms with Gasteiger partial charge in [0.05, 0.1) is 6.42 Å². The number of rotatable bonds is 2. The van der Waals surface area contributed by atoms with Crippen molar-refractivity contribution in [1.29, 1.82) is 0 Å². The van der Waals surface area contributed by atoms with E-state index in [2.05, 4.69) is 0 Å². The van der Waals surface area contributed by atoms with Crippen molar-refractivity contribution in [2.75, 3.05) is 6.54 Å². The molecule has 1 aromatic rings. The molecule has 2 rings (SSSR count). The molecule has 3 N–H and O–H groups in total. The molecule has 0 saturated carbocycles. The summed E-state index contributed by atoms with van der Waals surface area (Å²) in [4.78, 5) is 0. The van der Waals surface area contributed by atoms with Crippen LogP contribution in [0.5, 0.6) is 5.75 Å². The van der Waals surface area contributed by atoms with Gasteiger partial charge < -0.3 is 15.4 Å². The number of phenols is 1. The second-order valence-corrected chi connectivity index (χ2v) is 6.92. The molecule has 0 fully saturated rings. The molecule has 122 valence electrons. The number of benzene rings is 1. The third-order valence-electron chi connectivity index (χ3n) is 4.20. The molecule has 22 heavy (non-hydrogen) atoms. The van der Waals surface area contributed by atoms with Crippen LogP contribution in [0, 0.1) is 19.1 Å². The quantitative estimate of drug-likeness (QED) is 0.572. The van der Waals surface area contributed by atoms with E-state index in [4.69, 9.17) is 0 Å². The third-order valence-corrected chi connectivity index (χ3v) is 4.20. The van der Waals surface area contributed by atoms with Crippen molar-refractivity contribution >= 4 is 5.84 Å². The molecule has 6 nitrogen and oxygen atoms in total. The van der Waals surface area contributed by atoms with Crippen molar-refractivity contribution < 1.29 is 20.2 Å². The number of aliphatic hydroxyl groups is 1. The first-order valence-electron chi connectivity index (χ1n) is 7.33. The lowest BCUT2D eigenvalue weighted by Gasteiger charge is -2.24. The standard InChI is InChI=1S/C16H24N2O4/c1-9-6-12(16(3,4)5)15(20)10(2)11(9)7-13-17(21)8-14(19)18(13)22/h6,14,19-21H,7-8H2,1-5H3. The van der Waals surface area contributed by atoms with Crippen LogP contribution >= 0.6 is 0 Å². The summed E-state index contributed by atoms with van der Waals surface area (Å²) in [5, 5.41) is 42.3. The van der Waals surface area contributed by atoms with E-state index in [0.29, 0.717) is 10.3 Å². The van der Waals surface area contributed by atoms with E-state index in [-0.39, 0.29) is 30.0 Å². The molecule has 1 aromatic carbocycles. The number of hydroxylamine groups is 3. The summed E-state index contributed by atoms with van der Waals surface area (Å²) in [6.07, 6.45) is -1.10. The highest BCUT2D eigenvalue weighted by Crippen LogP contribution is 2.36. The molecule has 1 atom stereocenters. The van der Waals surface area contributed by atoms with E-state index in [1.165, 1.54) is 0 Å². The molecule has 0 bridgehead atoms. The second kappa shape index (κ2) is 5.44. The van der Waals surface area contributed by atoms with Gasteiger partial charge in [-0.05, 0) is 41.5 Å². The van der Waals surface area contributed by atoms with Crippen molar-refractivity contribution in [1.82, 2.24) is 5.06 Å². The van der Waals surface area contributed by atoms with Gasteiger partial charge in [0.25, 0.3) is 5.84 Å². The SMILES string of the molecule is Cc1cc(C(C)(C)C)c(O)c(C)c1CC1=[N+]([O-])C(O)CN1O. The Balaban J connectivity index is 2.48. The van der Waals surface area contributed by atoms with Crippen LogP contribution in [0.4, 0.5) is 0 Å². The molecular formula is C16H24N2O4. The Labute approximate surface area is 130 Å². The van der Waals surface area contributed by atoms with Crippen LogP contribution in [-0.4, -0.2) is 43.8 Å². The van der Waals surface area contributed by atoms with Gasteiger partial charge in [-0.2, -0.15) is 0 Å². The van der Waals surface area contributed by atoms with Crippen molar-refractivity contribution in [3.8, 4) is 5.75 Å². The average molecular weight is 308 g/mol. The van der Waals surface area contributed by atoms with Crippen LogP contribution in [0.15, 0.2) is 6.07 Å². The number of aliphatic hydroxyl groups excluding tert-OH is 1.